The number of ether oxygens (including phenoxy) is 3. The number of nitrogens with one attached hydrogen (secondary N) is 2. The van der Waals surface area contributed by atoms with E-state index >= 15 is 0 Å². The number of nitrogens with zero attached hydrogens (tertiary/aromatic N) is 3. The number of benzene rings is 3. The molecular formula is C31H31N5O5S. The normalized spacial score (nSPS) is 11.5. The molecule has 10 nitrogen and oxygen atoms in total. The molecule has 0 saturated carbocycles. The molecule has 42 heavy (non-hydrogen) atoms. The Bertz CT molecular complexity index is 1750. The smallest absolute Gasteiger partial charge is 0.283 e. The van der Waals surface area contributed by atoms with Crippen molar-refractivity contribution < 1.29 is 19.0 Å². The van der Waals surface area contributed by atoms with Crippen LogP contribution in [0.2, 0.25) is 0 Å². The number of rotatable bonds is 11. The van der Waals surface area contributed by atoms with Gasteiger partial charge in [0.25, 0.3) is 11.5 Å². The predicted octanol–water partition coefficient (Wildman–Crippen LogP) is 5.79. The minimum Gasteiger partial charge on any atom is -0.490 e. The van der Waals surface area contributed by atoms with Crippen molar-refractivity contribution in [3.63, 3.8) is 0 Å². The van der Waals surface area contributed by atoms with Gasteiger partial charge in [-0.2, -0.15) is 9.78 Å². The summed E-state index contributed by atoms with van der Waals surface area (Å²) in [4.78, 5) is 31.7. The Morgan fingerprint density at radius 3 is 2.24 bits per heavy atom. The first-order valence-electron chi connectivity index (χ1n) is 13.6. The molecule has 0 bridgehead atoms. The molecule has 2 N–H and O–H groups in total. The predicted molar refractivity (Wildman–Crippen MR) is 165 cm³/mol. The molecule has 0 radical (unpaired) electrons. The van der Waals surface area contributed by atoms with E-state index in [0.717, 1.165) is 15.8 Å². The van der Waals surface area contributed by atoms with Crippen molar-refractivity contribution in [2.45, 2.75) is 27.7 Å². The summed E-state index contributed by atoms with van der Waals surface area (Å²) in [6.07, 6.45) is 0. The van der Waals surface area contributed by atoms with Crippen molar-refractivity contribution >= 4 is 33.2 Å². The second-order valence-electron chi connectivity index (χ2n) is 9.07. The number of carbonyl (C=O) groups is 1. The summed E-state index contributed by atoms with van der Waals surface area (Å²) in [5, 5.41) is 8.05. The Morgan fingerprint density at radius 1 is 0.952 bits per heavy atom. The summed E-state index contributed by atoms with van der Waals surface area (Å²) < 4.78 is 19.6. The van der Waals surface area contributed by atoms with E-state index in [4.69, 9.17) is 14.2 Å². The van der Waals surface area contributed by atoms with Gasteiger partial charge in [0.2, 0.25) is 10.9 Å². The van der Waals surface area contributed by atoms with Crippen LogP contribution in [0.25, 0.3) is 26.6 Å². The summed E-state index contributed by atoms with van der Waals surface area (Å²) in [6, 6.07) is 20.3. The maximum absolute atomic E-state index is 13.8. The quantitative estimate of drug-likeness (QED) is 0.150. The average Bonchev–Trinajstić information content (AvgIpc) is 3.59. The van der Waals surface area contributed by atoms with Crippen LogP contribution >= 0.6 is 11.3 Å². The Labute approximate surface area is 246 Å². The van der Waals surface area contributed by atoms with E-state index in [0.29, 0.717) is 59.2 Å². The van der Waals surface area contributed by atoms with Crippen LogP contribution in [0.1, 0.15) is 43.6 Å². The molecule has 3 aromatic carbocycles. The molecule has 2 aromatic heterocycles. The second-order valence-corrected chi connectivity index (χ2v) is 10.1. The molecule has 216 valence electrons. The molecule has 0 unspecified atom stereocenters. The molecule has 0 atom stereocenters. The molecule has 11 heteroatoms. The van der Waals surface area contributed by atoms with Crippen molar-refractivity contribution in [3.8, 4) is 33.6 Å². The van der Waals surface area contributed by atoms with Crippen LogP contribution in [0.5, 0.6) is 17.2 Å². The zero-order chi connectivity index (χ0) is 29.6. The fourth-order valence-electron chi connectivity index (χ4n) is 4.45. The molecule has 5 rings (SSSR count). The number of thiazole rings is 1. The molecule has 0 saturated heterocycles. The first kappa shape index (κ1) is 28.6. The Hall–Kier alpha value is -4.90. The fourth-order valence-corrected chi connectivity index (χ4v) is 5.38. The number of aromatic nitrogens is 3. The zero-order valence-electron chi connectivity index (χ0n) is 23.8. The number of hydrogen-bond acceptors (Lipinski definition) is 8. The number of H-pyrrole nitrogens is 1. The van der Waals surface area contributed by atoms with Crippen LogP contribution in [0.3, 0.4) is 0 Å². The second kappa shape index (κ2) is 12.7. The molecule has 0 aliphatic rings. The summed E-state index contributed by atoms with van der Waals surface area (Å²) in [5.41, 5.74) is 5.32. The van der Waals surface area contributed by atoms with E-state index in [1.54, 1.807) is 19.1 Å². The molecular weight excluding hydrogens is 554 g/mol. The molecule has 0 aliphatic heterocycles. The van der Waals surface area contributed by atoms with Crippen LogP contribution in [-0.4, -0.2) is 46.2 Å². The highest BCUT2D eigenvalue weighted by Crippen LogP contribution is 2.39. The van der Waals surface area contributed by atoms with Gasteiger partial charge in [-0.15, -0.1) is 0 Å². The van der Waals surface area contributed by atoms with Gasteiger partial charge in [0.15, 0.2) is 11.5 Å². The highest BCUT2D eigenvalue weighted by molar-refractivity contribution is 7.20. The van der Waals surface area contributed by atoms with Gasteiger partial charge in [0, 0.05) is 11.1 Å². The number of aromatic amines is 1. The van der Waals surface area contributed by atoms with Gasteiger partial charge in [-0.25, -0.2) is 10.4 Å². The average molecular weight is 586 g/mol. The number of para-hydroxylation sites is 1. The third-order valence-corrected chi connectivity index (χ3v) is 7.31. The zero-order valence-corrected chi connectivity index (χ0v) is 24.6. The number of hydrogen-bond donors (Lipinski definition) is 2. The van der Waals surface area contributed by atoms with Crippen LogP contribution < -0.4 is 25.2 Å². The largest absolute Gasteiger partial charge is 0.490 e. The van der Waals surface area contributed by atoms with Crippen molar-refractivity contribution in [1.82, 2.24) is 20.2 Å². The molecule has 2 heterocycles. The van der Waals surface area contributed by atoms with Gasteiger partial charge in [-0.1, -0.05) is 53.8 Å². The third-order valence-electron chi connectivity index (χ3n) is 6.29. The lowest BCUT2D eigenvalue weighted by Gasteiger charge is -2.16. The van der Waals surface area contributed by atoms with Crippen LogP contribution in [0.15, 0.2) is 76.6 Å². The van der Waals surface area contributed by atoms with Crippen LogP contribution in [0.4, 0.5) is 0 Å². The minimum absolute atomic E-state index is 0.270. The Kier molecular flexibility index (Phi) is 8.68. The van der Waals surface area contributed by atoms with Gasteiger partial charge in [0.1, 0.15) is 0 Å². The van der Waals surface area contributed by atoms with Crippen molar-refractivity contribution in [1.29, 1.82) is 0 Å². The van der Waals surface area contributed by atoms with E-state index in [1.165, 1.54) is 16.0 Å². The first-order chi connectivity index (χ1) is 20.4. The summed E-state index contributed by atoms with van der Waals surface area (Å²) in [6.45, 7) is 8.39. The van der Waals surface area contributed by atoms with Gasteiger partial charge in [-0.05, 0) is 52.0 Å². The van der Waals surface area contributed by atoms with E-state index < -0.39 is 5.91 Å². The molecule has 5 aromatic rings. The highest BCUT2D eigenvalue weighted by Gasteiger charge is 2.22. The number of hydrazone groups is 1. The standard InChI is InChI=1S/C31H31N5O5S/c1-5-39-23-17-21(18-24(40-6-2)28(23)41-7-3)29(37)34-33-19(4)26-27(20-13-9-8-10-14-20)35-36(30(26)38)31-32-22-15-11-12-16-25(22)42-31/h8-18,35H,5-7H2,1-4H3,(H,34,37)/b33-19+. The van der Waals surface area contributed by atoms with Crippen molar-refractivity contribution in [3.05, 3.63) is 88.2 Å². The fraction of sp³-hybridized carbons (Fsp3) is 0.226. The van der Waals surface area contributed by atoms with Crippen LogP contribution in [-0.2, 0) is 0 Å². The van der Waals surface area contributed by atoms with E-state index in [2.05, 4.69) is 20.6 Å². The lowest BCUT2D eigenvalue weighted by molar-refractivity contribution is 0.0953. The highest BCUT2D eigenvalue weighted by atomic mass is 32.1. The number of fused-ring (bicyclic) bond motifs is 1. The summed E-state index contributed by atoms with van der Waals surface area (Å²) in [7, 11) is 0. The molecule has 0 fully saturated rings. The summed E-state index contributed by atoms with van der Waals surface area (Å²) in [5.74, 6) is 0.731. The minimum atomic E-state index is -0.498. The topological polar surface area (TPSA) is 120 Å². The van der Waals surface area contributed by atoms with Gasteiger partial charge in [0.05, 0.1) is 47.0 Å². The Balaban J connectivity index is 1.52. The molecule has 0 aliphatic carbocycles. The third kappa shape index (κ3) is 5.77. The summed E-state index contributed by atoms with van der Waals surface area (Å²) >= 11 is 1.40. The van der Waals surface area contributed by atoms with Gasteiger partial charge >= 0.3 is 0 Å². The van der Waals surface area contributed by atoms with Crippen molar-refractivity contribution in [2.24, 2.45) is 5.10 Å². The van der Waals surface area contributed by atoms with E-state index in [1.807, 2.05) is 75.4 Å². The maximum Gasteiger partial charge on any atom is 0.283 e. The SMILES string of the molecule is CCOc1cc(C(=O)N/N=C(\C)c2c(-c3ccccc3)[nH]n(-c3nc4ccccc4s3)c2=O)cc(OCC)c1OCC. The monoisotopic (exact) mass is 585 g/mol. The van der Waals surface area contributed by atoms with E-state index in [9.17, 15) is 9.59 Å². The maximum atomic E-state index is 13.8. The molecule has 1 amide bonds. The molecule has 0 spiro atoms. The van der Waals surface area contributed by atoms with Crippen LogP contribution in [0, 0.1) is 0 Å². The number of carbonyl (C=O) groups excluding carboxylic acids is 1. The van der Waals surface area contributed by atoms with Gasteiger partial charge < -0.3 is 14.2 Å². The lowest BCUT2D eigenvalue weighted by atomic mass is 10.1. The van der Waals surface area contributed by atoms with Crippen molar-refractivity contribution in [2.75, 3.05) is 19.8 Å². The van der Waals surface area contributed by atoms with E-state index in [-0.39, 0.29) is 11.1 Å². The number of amides is 1. The lowest BCUT2D eigenvalue weighted by Crippen LogP contribution is -2.23. The van der Waals surface area contributed by atoms with Gasteiger partial charge in [-0.3, -0.25) is 14.7 Å². The Morgan fingerprint density at radius 2 is 1.60 bits per heavy atom. The first-order valence-corrected chi connectivity index (χ1v) is 14.4.